The molecule has 0 spiro atoms. The second kappa shape index (κ2) is 8.02. The molecule has 1 atom stereocenters. The van der Waals surface area contributed by atoms with E-state index in [9.17, 15) is 0 Å². The van der Waals surface area contributed by atoms with Crippen LogP contribution in [0.15, 0.2) is 24.3 Å². The molecule has 0 amide bonds. The summed E-state index contributed by atoms with van der Waals surface area (Å²) in [7, 11) is 0. The topological polar surface area (TPSA) is 38.0 Å². The normalized spacial score (nSPS) is 24.6. The average Bonchev–Trinajstić information content (AvgIpc) is 2.48. The van der Waals surface area contributed by atoms with Gasteiger partial charge in [-0.2, -0.15) is 0 Å². The number of hydrogen-bond donors (Lipinski definition) is 2. The van der Waals surface area contributed by atoms with Crippen LogP contribution in [0.5, 0.6) is 0 Å². The maximum absolute atomic E-state index is 5.94. The fraction of sp³-hybridized carbons (Fsp3) is 0.647. The first kappa shape index (κ1) is 15.8. The van der Waals surface area contributed by atoms with Gasteiger partial charge in [-0.05, 0) is 48.8 Å². The molecule has 1 aromatic rings. The van der Waals surface area contributed by atoms with Crippen molar-refractivity contribution in [2.24, 2.45) is 17.7 Å². The predicted octanol–water partition coefficient (Wildman–Crippen LogP) is 4.32. The van der Waals surface area contributed by atoms with E-state index in [0.29, 0.717) is 12.0 Å². The van der Waals surface area contributed by atoms with E-state index in [0.717, 1.165) is 17.4 Å². The van der Waals surface area contributed by atoms with Gasteiger partial charge in [-0.15, -0.1) is 0 Å². The number of nitrogens with two attached hydrogens (primary N) is 1. The van der Waals surface area contributed by atoms with E-state index in [-0.39, 0.29) is 0 Å². The minimum atomic E-state index is 0.388. The van der Waals surface area contributed by atoms with E-state index in [2.05, 4.69) is 24.5 Å². The number of benzene rings is 1. The fourth-order valence-corrected chi connectivity index (χ4v) is 3.65. The van der Waals surface area contributed by atoms with Gasteiger partial charge in [-0.3, -0.25) is 11.3 Å². The number of halogens is 1. The largest absolute Gasteiger partial charge is 0.271 e. The first-order chi connectivity index (χ1) is 9.72. The molecule has 0 bridgehead atoms. The van der Waals surface area contributed by atoms with Crippen molar-refractivity contribution in [1.29, 1.82) is 0 Å². The van der Waals surface area contributed by atoms with Crippen LogP contribution >= 0.6 is 11.6 Å². The Hall–Kier alpha value is -0.570. The van der Waals surface area contributed by atoms with E-state index in [1.54, 1.807) is 0 Å². The second-order valence-corrected chi connectivity index (χ2v) is 6.61. The zero-order chi connectivity index (χ0) is 14.4. The number of nitrogens with one attached hydrogen (secondary N) is 1. The Morgan fingerprint density at radius 2 is 1.85 bits per heavy atom. The molecule has 3 N–H and O–H groups in total. The number of hydrazine groups is 1. The zero-order valence-electron chi connectivity index (χ0n) is 12.4. The minimum Gasteiger partial charge on any atom is -0.271 e. The van der Waals surface area contributed by atoms with Crippen LogP contribution in [0.4, 0.5) is 0 Å². The molecule has 0 aromatic heterocycles. The van der Waals surface area contributed by atoms with E-state index in [1.807, 2.05) is 12.1 Å². The average molecular weight is 295 g/mol. The molecule has 2 nitrogen and oxygen atoms in total. The number of rotatable bonds is 6. The lowest BCUT2D eigenvalue weighted by molar-refractivity contribution is 0.213. The fourth-order valence-electron chi connectivity index (χ4n) is 3.52. The highest BCUT2D eigenvalue weighted by molar-refractivity contribution is 6.30. The van der Waals surface area contributed by atoms with Gasteiger partial charge >= 0.3 is 0 Å². The summed E-state index contributed by atoms with van der Waals surface area (Å²) in [5, 5.41) is 0.797. The van der Waals surface area contributed by atoms with Crippen molar-refractivity contribution in [3.8, 4) is 0 Å². The summed E-state index contributed by atoms with van der Waals surface area (Å²) >= 11 is 5.94. The molecule has 1 aliphatic rings. The van der Waals surface area contributed by atoms with E-state index < -0.39 is 0 Å². The monoisotopic (exact) mass is 294 g/mol. The van der Waals surface area contributed by atoms with Crippen molar-refractivity contribution in [3.05, 3.63) is 34.9 Å². The lowest BCUT2D eigenvalue weighted by atomic mass is 9.76. The molecule has 1 aliphatic carbocycles. The van der Waals surface area contributed by atoms with Crippen molar-refractivity contribution < 1.29 is 0 Å². The second-order valence-electron chi connectivity index (χ2n) is 6.17. The third-order valence-corrected chi connectivity index (χ3v) is 4.99. The van der Waals surface area contributed by atoms with Gasteiger partial charge in [0.1, 0.15) is 0 Å². The summed E-state index contributed by atoms with van der Waals surface area (Å²) in [5.41, 5.74) is 4.36. The Morgan fingerprint density at radius 1 is 1.20 bits per heavy atom. The molecule has 2 rings (SSSR count). The Balaban J connectivity index is 1.87. The summed E-state index contributed by atoms with van der Waals surface area (Å²) in [5.74, 6) is 7.46. The van der Waals surface area contributed by atoms with Gasteiger partial charge < -0.3 is 0 Å². The third kappa shape index (κ3) is 4.47. The van der Waals surface area contributed by atoms with Gasteiger partial charge in [0.05, 0.1) is 0 Å². The summed E-state index contributed by atoms with van der Waals surface area (Å²) < 4.78 is 0. The molecule has 1 unspecified atom stereocenters. The van der Waals surface area contributed by atoms with Crippen molar-refractivity contribution in [2.75, 3.05) is 0 Å². The van der Waals surface area contributed by atoms with E-state index >= 15 is 0 Å². The minimum absolute atomic E-state index is 0.388. The molecule has 0 radical (unpaired) electrons. The standard InChI is InChI=1S/C17H27ClN2/c1-2-3-13-4-8-15(9-5-13)17(20-19)12-14-6-10-16(18)11-7-14/h6-7,10-11,13,15,17,20H,2-5,8-9,12,19H2,1H3. The first-order valence-electron chi connectivity index (χ1n) is 7.93. The molecule has 1 aromatic carbocycles. The van der Waals surface area contributed by atoms with Crippen LogP contribution in [0.2, 0.25) is 5.02 Å². The lowest BCUT2D eigenvalue weighted by Gasteiger charge is -2.33. The Kier molecular flexibility index (Phi) is 6.34. The van der Waals surface area contributed by atoms with Crippen LogP contribution in [0.3, 0.4) is 0 Å². The molecule has 3 heteroatoms. The van der Waals surface area contributed by atoms with Crippen molar-refractivity contribution in [1.82, 2.24) is 5.43 Å². The molecule has 20 heavy (non-hydrogen) atoms. The van der Waals surface area contributed by atoms with E-state index in [4.69, 9.17) is 17.4 Å². The van der Waals surface area contributed by atoms with Crippen LogP contribution in [0.25, 0.3) is 0 Å². The smallest absolute Gasteiger partial charge is 0.0406 e. The number of hydrogen-bond acceptors (Lipinski definition) is 2. The maximum Gasteiger partial charge on any atom is 0.0406 e. The molecular weight excluding hydrogens is 268 g/mol. The quantitative estimate of drug-likeness (QED) is 0.606. The summed E-state index contributed by atoms with van der Waals surface area (Å²) in [6, 6.07) is 8.52. The Labute approximate surface area is 128 Å². The molecule has 112 valence electrons. The maximum atomic E-state index is 5.94. The molecule has 0 aliphatic heterocycles. The highest BCUT2D eigenvalue weighted by atomic mass is 35.5. The summed E-state index contributed by atoms with van der Waals surface area (Å²) in [6.45, 7) is 2.29. The van der Waals surface area contributed by atoms with Crippen molar-refractivity contribution in [3.63, 3.8) is 0 Å². The predicted molar refractivity (Wildman–Crippen MR) is 86.6 cm³/mol. The molecule has 0 saturated heterocycles. The van der Waals surface area contributed by atoms with Crippen molar-refractivity contribution in [2.45, 2.75) is 57.9 Å². The van der Waals surface area contributed by atoms with Crippen LogP contribution in [-0.4, -0.2) is 6.04 Å². The van der Waals surface area contributed by atoms with Gasteiger partial charge in [0.15, 0.2) is 0 Å². The van der Waals surface area contributed by atoms with E-state index in [1.165, 1.54) is 44.1 Å². The SMILES string of the molecule is CCCC1CCC(C(Cc2ccc(Cl)cc2)NN)CC1. The van der Waals surface area contributed by atoms with Crippen molar-refractivity contribution >= 4 is 11.6 Å². The third-order valence-electron chi connectivity index (χ3n) is 4.74. The lowest BCUT2D eigenvalue weighted by Crippen LogP contribution is -2.43. The molecule has 1 fully saturated rings. The van der Waals surface area contributed by atoms with Gasteiger partial charge in [0.2, 0.25) is 0 Å². The van der Waals surface area contributed by atoms with Crippen LogP contribution < -0.4 is 11.3 Å². The zero-order valence-corrected chi connectivity index (χ0v) is 13.2. The highest BCUT2D eigenvalue weighted by Gasteiger charge is 2.26. The molecule has 0 heterocycles. The summed E-state index contributed by atoms with van der Waals surface area (Å²) in [6.07, 6.45) is 9.08. The molecule has 1 saturated carbocycles. The first-order valence-corrected chi connectivity index (χ1v) is 8.31. The van der Waals surface area contributed by atoms with Crippen LogP contribution in [0, 0.1) is 11.8 Å². The highest BCUT2D eigenvalue weighted by Crippen LogP contribution is 2.34. The van der Waals surface area contributed by atoms with Gasteiger partial charge in [-0.25, -0.2) is 0 Å². The van der Waals surface area contributed by atoms with Gasteiger partial charge in [-0.1, -0.05) is 56.3 Å². The van der Waals surface area contributed by atoms with Gasteiger partial charge in [0, 0.05) is 11.1 Å². The van der Waals surface area contributed by atoms with Crippen LogP contribution in [0.1, 0.15) is 51.0 Å². The summed E-state index contributed by atoms with van der Waals surface area (Å²) in [4.78, 5) is 0. The van der Waals surface area contributed by atoms with Crippen LogP contribution in [-0.2, 0) is 6.42 Å². The van der Waals surface area contributed by atoms with Gasteiger partial charge in [0.25, 0.3) is 0 Å². The molecular formula is C17H27ClN2. The Bertz CT molecular complexity index is 382. The Morgan fingerprint density at radius 3 is 2.40 bits per heavy atom.